The molecule has 2 N–H and O–H groups in total. The van der Waals surface area contributed by atoms with Gasteiger partial charge in [0.25, 0.3) is 0 Å². The van der Waals surface area contributed by atoms with Crippen molar-refractivity contribution < 1.29 is 0 Å². The summed E-state index contributed by atoms with van der Waals surface area (Å²) in [7, 11) is 0. The Kier molecular flexibility index (Phi) is 2.37. The van der Waals surface area contributed by atoms with Crippen LogP contribution in [-0.2, 0) is 0 Å². The third-order valence-electron chi connectivity index (χ3n) is 3.68. The minimum absolute atomic E-state index is 0.500. The van der Waals surface area contributed by atoms with Crippen molar-refractivity contribution >= 4 is 0 Å². The second-order valence-corrected chi connectivity index (χ2v) is 4.37. The first-order chi connectivity index (χ1) is 5.81. The lowest BCUT2D eigenvalue weighted by molar-refractivity contribution is 0.259. The second kappa shape index (κ2) is 3.35. The van der Waals surface area contributed by atoms with Crippen molar-refractivity contribution in [1.29, 1.82) is 0 Å². The van der Waals surface area contributed by atoms with Crippen LogP contribution in [0.1, 0.15) is 26.2 Å². The maximum atomic E-state index is 6.11. The zero-order valence-electron chi connectivity index (χ0n) is 8.00. The molecule has 2 fully saturated rings. The van der Waals surface area contributed by atoms with Crippen LogP contribution in [0.15, 0.2) is 0 Å². The number of likely N-dealkylation sites (tertiary alicyclic amines) is 1. The zero-order chi connectivity index (χ0) is 8.55. The molecule has 0 aromatic carbocycles. The Morgan fingerprint density at radius 2 is 2.17 bits per heavy atom. The molecule has 12 heavy (non-hydrogen) atoms. The second-order valence-electron chi connectivity index (χ2n) is 4.37. The summed E-state index contributed by atoms with van der Waals surface area (Å²) in [5.74, 6) is 1.74. The SMILES string of the molecule is CCN1CC2CCCC(N)C2C1. The average Bonchev–Trinajstić information content (AvgIpc) is 2.49. The third-order valence-corrected chi connectivity index (χ3v) is 3.68. The van der Waals surface area contributed by atoms with E-state index in [1.54, 1.807) is 0 Å². The van der Waals surface area contributed by atoms with E-state index in [1.165, 1.54) is 38.9 Å². The highest BCUT2D eigenvalue weighted by Gasteiger charge is 2.37. The van der Waals surface area contributed by atoms with Crippen LogP contribution in [0.4, 0.5) is 0 Å². The van der Waals surface area contributed by atoms with Crippen LogP contribution < -0.4 is 5.73 Å². The summed E-state index contributed by atoms with van der Waals surface area (Å²) >= 11 is 0. The predicted molar refractivity (Wildman–Crippen MR) is 50.9 cm³/mol. The van der Waals surface area contributed by atoms with Crippen molar-refractivity contribution in [1.82, 2.24) is 4.90 Å². The fourth-order valence-electron chi connectivity index (χ4n) is 2.87. The van der Waals surface area contributed by atoms with E-state index in [-0.39, 0.29) is 0 Å². The minimum atomic E-state index is 0.500. The van der Waals surface area contributed by atoms with E-state index >= 15 is 0 Å². The molecule has 0 bridgehead atoms. The van der Waals surface area contributed by atoms with Crippen molar-refractivity contribution in [3.8, 4) is 0 Å². The van der Waals surface area contributed by atoms with Gasteiger partial charge in [-0.3, -0.25) is 0 Å². The van der Waals surface area contributed by atoms with Crippen LogP contribution in [-0.4, -0.2) is 30.6 Å². The van der Waals surface area contributed by atoms with Gasteiger partial charge in [-0.05, 0) is 31.2 Å². The van der Waals surface area contributed by atoms with E-state index in [0.29, 0.717) is 6.04 Å². The molecule has 0 radical (unpaired) electrons. The van der Waals surface area contributed by atoms with E-state index in [0.717, 1.165) is 11.8 Å². The molecule has 0 aromatic heterocycles. The van der Waals surface area contributed by atoms with Crippen LogP contribution in [0.3, 0.4) is 0 Å². The van der Waals surface area contributed by atoms with Gasteiger partial charge in [-0.1, -0.05) is 13.3 Å². The number of nitrogens with two attached hydrogens (primary N) is 1. The highest BCUT2D eigenvalue weighted by Crippen LogP contribution is 2.35. The predicted octanol–water partition coefficient (Wildman–Crippen LogP) is 1.07. The molecule has 0 aromatic rings. The zero-order valence-corrected chi connectivity index (χ0v) is 8.00. The molecular weight excluding hydrogens is 148 g/mol. The first-order valence-corrected chi connectivity index (χ1v) is 5.29. The van der Waals surface area contributed by atoms with Gasteiger partial charge in [0.2, 0.25) is 0 Å². The highest BCUT2D eigenvalue weighted by molar-refractivity contribution is 4.92. The van der Waals surface area contributed by atoms with Crippen molar-refractivity contribution in [3.63, 3.8) is 0 Å². The summed E-state index contributed by atoms with van der Waals surface area (Å²) in [5.41, 5.74) is 6.11. The number of fused-ring (bicyclic) bond motifs is 1. The number of hydrogen-bond donors (Lipinski definition) is 1. The Labute approximate surface area is 75.1 Å². The van der Waals surface area contributed by atoms with Crippen LogP contribution in [0, 0.1) is 11.8 Å². The topological polar surface area (TPSA) is 29.3 Å². The molecule has 0 amide bonds. The molecule has 0 spiro atoms. The first kappa shape index (κ1) is 8.52. The monoisotopic (exact) mass is 168 g/mol. The molecule has 1 heterocycles. The van der Waals surface area contributed by atoms with Crippen molar-refractivity contribution in [2.45, 2.75) is 32.2 Å². The molecule has 70 valence electrons. The molecule has 3 unspecified atom stereocenters. The standard InChI is InChI=1S/C10H20N2/c1-2-12-6-8-4-3-5-10(11)9(8)7-12/h8-10H,2-7,11H2,1H3. The summed E-state index contributed by atoms with van der Waals surface area (Å²) in [6, 6.07) is 0.500. The summed E-state index contributed by atoms with van der Waals surface area (Å²) < 4.78 is 0. The van der Waals surface area contributed by atoms with Crippen LogP contribution in [0.25, 0.3) is 0 Å². The van der Waals surface area contributed by atoms with E-state index in [1.807, 2.05) is 0 Å². The Hall–Kier alpha value is -0.0800. The van der Waals surface area contributed by atoms with Gasteiger partial charge < -0.3 is 10.6 Å². The molecule has 3 atom stereocenters. The fraction of sp³-hybridized carbons (Fsp3) is 1.00. The molecule has 2 heteroatoms. The Bertz CT molecular complexity index is 158. The largest absolute Gasteiger partial charge is 0.327 e. The molecule has 1 saturated heterocycles. The summed E-state index contributed by atoms with van der Waals surface area (Å²) in [6.45, 7) is 6.04. The minimum Gasteiger partial charge on any atom is -0.327 e. The maximum absolute atomic E-state index is 6.11. The van der Waals surface area contributed by atoms with Crippen molar-refractivity contribution in [2.24, 2.45) is 17.6 Å². The summed E-state index contributed by atoms with van der Waals surface area (Å²) in [4.78, 5) is 2.56. The summed E-state index contributed by atoms with van der Waals surface area (Å²) in [6.07, 6.45) is 4.05. The number of nitrogens with zero attached hydrogens (tertiary/aromatic N) is 1. The fourth-order valence-corrected chi connectivity index (χ4v) is 2.87. The van der Waals surface area contributed by atoms with E-state index in [4.69, 9.17) is 5.73 Å². The highest BCUT2D eigenvalue weighted by atomic mass is 15.2. The smallest absolute Gasteiger partial charge is 0.00825 e. The maximum Gasteiger partial charge on any atom is 0.00825 e. The molecule has 2 rings (SSSR count). The molecule has 1 aliphatic heterocycles. The Morgan fingerprint density at radius 3 is 2.83 bits per heavy atom. The quantitative estimate of drug-likeness (QED) is 0.634. The van der Waals surface area contributed by atoms with Gasteiger partial charge in [0.05, 0.1) is 0 Å². The van der Waals surface area contributed by atoms with Crippen molar-refractivity contribution in [3.05, 3.63) is 0 Å². The summed E-state index contributed by atoms with van der Waals surface area (Å²) in [5, 5.41) is 0. The lowest BCUT2D eigenvalue weighted by Crippen LogP contribution is -2.38. The third kappa shape index (κ3) is 1.38. The normalized spacial score (nSPS) is 43.0. The van der Waals surface area contributed by atoms with Gasteiger partial charge in [0.15, 0.2) is 0 Å². The van der Waals surface area contributed by atoms with Gasteiger partial charge in [-0.25, -0.2) is 0 Å². The Balaban J connectivity index is 1.99. The number of hydrogen-bond acceptors (Lipinski definition) is 2. The van der Waals surface area contributed by atoms with Crippen LogP contribution in [0.5, 0.6) is 0 Å². The molecule has 2 aliphatic rings. The van der Waals surface area contributed by atoms with E-state index in [9.17, 15) is 0 Å². The van der Waals surface area contributed by atoms with Gasteiger partial charge in [0.1, 0.15) is 0 Å². The average molecular weight is 168 g/mol. The van der Waals surface area contributed by atoms with Crippen molar-refractivity contribution in [2.75, 3.05) is 19.6 Å². The van der Waals surface area contributed by atoms with E-state index < -0.39 is 0 Å². The van der Waals surface area contributed by atoms with Crippen LogP contribution in [0.2, 0.25) is 0 Å². The lowest BCUT2D eigenvalue weighted by Gasteiger charge is -2.29. The van der Waals surface area contributed by atoms with Crippen LogP contribution >= 0.6 is 0 Å². The van der Waals surface area contributed by atoms with Gasteiger partial charge in [-0.2, -0.15) is 0 Å². The Morgan fingerprint density at radius 1 is 1.33 bits per heavy atom. The number of rotatable bonds is 1. The molecule has 1 saturated carbocycles. The molecule has 1 aliphatic carbocycles. The first-order valence-electron chi connectivity index (χ1n) is 5.29. The van der Waals surface area contributed by atoms with Gasteiger partial charge >= 0.3 is 0 Å². The molecular formula is C10H20N2. The van der Waals surface area contributed by atoms with Gasteiger partial charge in [-0.15, -0.1) is 0 Å². The van der Waals surface area contributed by atoms with Gasteiger partial charge in [0, 0.05) is 19.1 Å². The molecule has 2 nitrogen and oxygen atoms in total. The lowest BCUT2D eigenvalue weighted by atomic mass is 9.78. The van der Waals surface area contributed by atoms with E-state index in [2.05, 4.69) is 11.8 Å².